The molecule has 0 spiro atoms. The number of nitrogens with two attached hydrogens (primary N) is 1. The molecule has 36 heavy (non-hydrogen) atoms. The molecule has 6 nitrogen and oxygen atoms in total. The van der Waals surface area contributed by atoms with Crippen LogP contribution in [0.5, 0.6) is 0 Å². The number of hydrogen-bond donors (Lipinski definition) is 2. The molecule has 2 aromatic carbocycles. The number of nitrogens with one attached hydrogen (secondary N) is 1. The van der Waals surface area contributed by atoms with Crippen LogP contribution in [0, 0.1) is 23.0 Å². The van der Waals surface area contributed by atoms with E-state index in [1.165, 1.54) is 48.4 Å². The van der Waals surface area contributed by atoms with Crippen LogP contribution >= 0.6 is 22.9 Å². The Morgan fingerprint density at radius 1 is 1.19 bits per heavy atom. The highest BCUT2D eigenvalue weighted by atomic mass is 35.5. The molecule has 1 saturated heterocycles. The van der Waals surface area contributed by atoms with Gasteiger partial charge in [-0.15, -0.1) is 11.3 Å². The topological polar surface area (TPSA) is 92.3 Å². The van der Waals surface area contributed by atoms with Gasteiger partial charge in [0.05, 0.1) is 11.7 Å². The van der Waals surface area contributed by atoms with Crippen molar-refractivity contribution in [2.24, 2.45) is 11.7 Å². The van der Waals surface area contributed by atoms with E-state index in [2.05, 4.69) is 20.4 Å². The number of benzene rings is 2. The number of aromatic nitrogens is 1. The molecular weight excluding hydrogens is 513 g/mol. The number of nitrogens with zero attached hydrogens (tertiary/aromatic N) is 2. The Bertz CT molecular complexity index is 1090. The van der Waals surface area contributed by atoms with Crippen LogP contribution in [0.1, 0.15) is 30.7 Å². The fraction of sp³-hybridized carbons (Fsp3) is 0.320. The lowest BCUT2D eigenvalue weighted by atomic mass is 9.91. The van der Waals surface area contributed by atoms with Crippen LogP contribution in [0.15, 0.2) is 53.4 Å². The lowest BCUT2D eigenvalue weighted by molar-refractivity contribution is 0.0925. The summed E-state index contributed by atoms with van der Waals surface area (Å²) < 4.78 is 41.5. The van der Waals surface area contributed by atoms with E-state index in [0.717, 1.165) is 42.7 Å². The fourth-order valence-electron chi connectivity index (χ4n) is 3.32. The third-order valence-corrected chi connectivity index (χ3v) is 5.51. The SMILES string of the molecule is CC(C)F.Fc1cc(F)cc(CC2CN(Cc3ccc(Cl)cc3)C2)c1.N=C(OC(N)=O)c1cscn1. The lowest BCUT2D eigenvalue weighted by Crippen LogP contribution is -2.46. The van der Waals surface area contributed by atoms with Crippen LogP contribution in [-0.2, 0) is 17.7 Å². The number of primary amides is 1. The zero-order chi connectivity index (χ0) is 26.7. The molecule has 0 unspecified atom stereocenters. The van der Waals surface area contributed by atoms with E-state index in [0.29, 0.717) is 11.6 Å². The molecule has 2 heterocycles. The molecule has 0 atom stereocenters. The normalized spacial score (nSPS) is 13.1. The van der Waals surface area contributed by atoms with Gasteiger partial charge in [0.15, 0.2) is 0 Å². The molecule has 11 heteroatoms. The molecule has 0 saturated carbocycles. The number of halogens is 4. The summed E-state index contributed by atoms with van der Waals surface area (Å²) in [7, 11) is 0. The molecule has 1 fully saturated rings. The van der Waals surface area contributed by atoms with E-state index >= 15 is 0 Å². The average molecular weight is 541 g/mol. The molecule has 4 rings (SSSR count). The van der Waals surface area contributed by atoms with Crippen molar-refractivity contribution < 1.29 is 22.7 Å². The minimum Gasteiger partial charge on any atom is -0.390 e. The third-order valence-electron chi connectivity index (χ3n) is 4.67. The van der Waals surface area contributed by atoms with Crippen LogP contribution in [0.3, 0.4) is 0 Å². The summed E-state index contributed by atoms with van der Waals surface area (Å²) >= 11 is 7.17. The largest absolute Gasteiger partial charge is 0.411 e. The van der Waals surface area contributed by atoms with Gasteiger partial charge in [-0.1, -0.05) is 23.7 Å². The van der Waals surface area contributed by atoms with E-state index in [1.807, 2.05) is 24.3 Å². The molecule has 1 amide bonds. The highest BCUT2D eigenvalue weighted by Gasteiger charge is 2.26. The first-order valence-electron chi connectivity index (χ1n) is 11.0. The van der Waals surface area contributed by atoms with Crippen molar-refractivity contribution in [3.05, 3.63) is 86.8 Å². The minimum absolute atomic E-state index is 0.314. The van der Waals surface area contributed by atoms with Crippen molar-refractivity contribution in [2.75, 3.05) is 13.1 Å². The first-order valence-corrected chi connectivity index (χ1v) is 12.3. The molecular formula is C25H28ClF3N4O2S. The van der Waals surface area contributed by atoms with Crippen molar-refractivity contribution in [1.82, 2.24) is 9.88 Å². The number of carbonyl (C=O) groups excluding carboxylic acids is 1. The van der Waals surface area contributed by atoms with Gasteiger partial charge < -0.3 is 10.5 Å². The molecule has 1 aliphatic rings. The van der Waals surface area contributed by atoms with Crippen molar-refractivity contribution in [1.29, 1.82) is 5.41 Å². The summed E-state index contributed by atoms with van der Waals surface area (Å²) in [5.74, 6) is -0.845. The van der Waals surface area contributed by atoms with Gasteiger partial charge >= 0.3 is 6.09 Å². The minimum atomic E-state index is -0.997. The number of ether oxygens (including phenoxy) is 1. The summed E-state index contributed by atoms with van der Waals surface area (Å²) in [5.41, 5.74) is 8.49. The first kappa shape index (κ1) is 29.3. The van der Waals surface area contributed by atoms with Crippen LogP contribution in [0.25, 0.3) is 0 Å². The van der Waals surface area contributed by atoms with Gasteiger partial charge in [0.25, 0.3) is 0 Å². The molecule has 1 aromatic heterocycles. The van der Waals surface area contributed by atoms with Crippen molar-refractivity contribution in [3.8, 4) is 0 Å². The lowest BCUT2D eigenvalue weighted by Gasteiger charge is -2.39. The van der Waals surface area contributed by atoms with Gasteiger partial charge in [-0.05, 0) is 61.6 Å². The monoisotopic (exact) mass is 540 g/mol. The summed E-state index contributed by atoms with van der Waals surface area (Å²) in [6.45, 7) is 5.81. The van der Waals surface area contributed by atoms with Crippen molar-refractivity contribution in [3.63, 3.8) is 0 Å². The van der Waals surface area contributed by atoms with Crippen LogP contribution < -0.4 is 5.73 Å². The fourth-order valence-corrected chi connectivity index (χ4v) is 3.98. The Kier molecular flexibility index (Phi) is 11.9. The maximum atomic E-state index is 13.1. The Morgan fingerprint density at radius 3 is 2.28 bits per heavy atom. The van der Waals surface area contributed by atoms with Gasteiger partial charge in [0.1, 0.15) is 17.3 Å². The predicted octanol–water partition coefficient (Wildman–Crippen LogP) is 6.22. The van der Waals surface area contributed by atoms with Gasteiger partial charge in [-0.2, -0.15) is 0 Å². The Labute approximate surface area is 217 Å². The third kappa shape index (κ3) is 11.2. The molecule has 0 radical (unpaired) electrons. The highest BCUT2D eigenvalue weighted by molar-refractivity contribution is 7.07. The number of rotatable bonds is 5. The zero-order valence-corrected chi connectivity index (χ0v) is 21.5. The second-order valence-corrected chi connectivity index (χ2v) is 9.46. The summed E-state index contributed by atoms with van der Waals surface area (Å²) in [4.78, 5) is 16.2. The second-order valence-electron chi connectivity index (χ2n) is 8.31. The van der Waals surface area contributed by atoms with Crippen molar-refractivity contribution >= 4 is 34.9 Å². The summed E-state index contributed by atoms with van der Waals surface area (Å²) in [6.07, 6.45) is -0.936. The maximum absolute atomic E-state index is 13.1. The average Bonchev–Trinajstić information content (AvgIpc) is 3.28. The van der Waals surface area contributed by atoms with Gasteiger partial charge in [-0.25, -0.2) is 22.9 Å². The highest BCUT2D eigenvalue weighted by Crippen LogP contribution is 2.23. The van der Waals surface area contributed by atoms with E-state index in [1.54, 1.807) is 5.38 Å². The van der Waals surface area contributed by atoms with Crippen LogP contribution in [0.2, 0.25) is 5.02 Å². The van der Waals surface area contributed by atoms with E-state index in [4.69, 9.17) is 17.0 Å². The van der Waals surface area contributed by atoms with Gasteiger partial charge in [0, 0.05) is 36.1 Å². The molecule has 1 aliphatic heterocycles. The first-order chi connectivity index (χ1) is 17.0. The number of hydrogen-bond acceptors (Lipinski definition) is 6. The molecule has 3 N–H and O–H groups in total. The number of thiazole rings is 1. The summed E-state index contributed by atoms with van der Waals surface area (Å²) in [6, 6.07) is 11.6. The van der Waals surface area contributed by atoms with Gasteiger partial charge in [0.2, 0.25) is 5.90 Å². The molecule has 0 bridgehead atoms. The van der Waals surface area contributed by atoms with E-state index < -0.39 is 23.9 Å². The number of carbonyl (C=O) groups is 1. The van der Waals surface area contributed by atoms with Crippen molar-refractivity contribution in [2.45, 2.75) is 33.0 Å². The molecule has 194 valence electrons. The summed E-state index contributed by atoms with van der Waals surface area (Å²) in [5, 5.41) is 9.43. The number of amides is 1. The predicted molar refractivity (Wildman–Crippen MR) is 136 cm³/mol. The van der Waals surface area contributed by atoms with E-state index in [9.17, 15) is 18.0 Å². The maximum Gasteiger partial charge on any atom is 0.411 e. The number of alkyl halides is 1. The van der Waals surface area contributed by atoms with Crippen LogP contribution in [-0.4, -0.2) is 41.1 Å². The Morgan fingerprint density at radius 2 is 1.78 bits per heavy atom. The molecule has 0 aliphatic carbocycles. The Hall–Kier alpha value is -2.95. The second kappa shape index (κ2) is 14.6. The van der Waals surface area contributed by atoms with Gasteiger partial charge in [-0.3, -0.25) is 10.3 Å². The van der Waals surface area contributed by atoms with E-state index in [-0.39, 0.29) is 5.90 Å². The zero-order valence-electron chi connectivity index (χ0n) is 19.9. The Balaban J connectivity index is 0.000000255. The standard InChI is InChI=1S/C17H16ClF2N.C5H5N3O2S.C3H7F/c18-15-3-1-12(2-4-15)9-21-10-14(11-21)5-13-6-16(19)8-17(20)7-13;6-4(10-5(7)9)3-1-11-2-8-3;1-3(2)4/h1-4,6-8,14H,5,9-11H2;1-2,6H,(H2,7,9);3H,1-2H3. The van der Waals surface area contributed by atoms with Crippen LogP contribution in [0.4, 0.5) is 18.0 Å². The quantitative estimate of drug-likeness (QED) is 0.297. The molecule has 3 aromatic rings. The number of likely N-dealkylation sites (tertiary alicyclic amines) is 1. The smallest absolute Gasteiger partial charge is 0.390 e.